The molecular formula is C55H68N8O7. The number of nitrogens with two attached hydrogens (primary N) is 1. The van der Waals surface area contributed by atoms with Crippen molar-refractivity contribution in [3.8, 4) is 0 Å². The highest BCUT2D eigenvalue weighted by Gasteiger charge is 2.39. The summed E-state index contributed by atoms with van der Waals surface area (Å²) in [6.45, 7) is 8.07. The van der Waals surface area contributed by atoms with Gasteiger partial charge in [-0.1, -0.05) is 155 Å². The number of carbonyl (C=O) groups excluding carboxylic acids is 6. The molecule has 6 atom stereocenters. The first-order chi connectivity index (χ1) is 33.8. The van der Waals surface area contributed by atoms with E-state index >= 15 is 0 Å². The van der Waals surface area contributed by atoms with Crippen LogP contribution >= 0.6 is 0 Å². The maximum atomic E-state index is 14.8. The van der Waals surface area contributed by atoms with Crippen molar-refractivity contribution >= 4 is 35.5 Å². The third-order valence-electron chi connectivity index (χ3n) is 12.9. The van der Waals surface area contributed by atoms with Crippen molar-refractivity contribution in [2.75, 3.05) is 6.54 Å². The van der Waals surface area contributed by atoms with Crippen molar-refractivity contribution in [3.05, 3.63) is 162 Å². The summed E-state index contributed by atoms with van der Waals surface area (Å²) in [4.78, 5) is 87.9. The van der Waals surface area contributed by atoms with Crippen molar-refractivity contribution in [3.63, 3.8) is 0 Å². The average Bonchev–Trinajstić information content (AvgIpc) is 3.74. The molecule has 2 heterocycles. The summed E-state index contributed by atoms with van der Waals surface area (Å²) in [6.07, 6.45) is 5.77. The first kappa shape index (κ1) is 52.2. The quantitative estimate of drug-likeness (QED) is 0.0362. The van der Waals surface area contributed by atoms with E-state index in [0.29, 0.717) is 31.5 Å². The number of nitrogens with zero attached hydrogens (tertiary/aromatic N) is 2. The second-order valence-electron chi connectivity index (χ2n) is 18.5. The van der Waals surface area contributed by atoms with E-state index < -0.39 is 65.3 Å². The molecule has 1 saturated heterocycles. The Bertz CT molecular complexity index is 2390. The topological polar surface area (TPSA) is 216 Å². The highest BCUT2D eigenvalue weighted by molar-refractivity contribution is 5.96. The summed E-state index contributed by atoms with van der Waals surface area (Å²) < 4.78 is 7.54. The molecule has 7 N–H and O–H groups in total. The molecule has 1 aromatic heterocycles. The maximum Gasteiger partial charge on any atom is 0.306 e. The van der Waals surface area contributed by atoms with Crippen LogP contribution < -0.4 is 32.3 Å². The van der Waals surface area contributed by atoms with Crippen LogP contribution in [0.3, 0.4) is 0 Å². The van der Waals surface area contributed by atoms with Crippen molar-refractivity contribution < 1.29 is 33.5 Å². The molecule has 1 fully saturated rings. The van der Waals surface area contributed by atoms with E-state index in [1.165, 1.54) is 0 Å². The fourth-order valence-electron chi connectivity index (χ4n) is 8.86. The van der Waals surface area contributed by atoms with Gasteiger partial charge >= 0.3 is 5.97 Å². The molecular weight excluding hydrogens is 885 g/mol. The maximum absolute atomic E-state index is 14.8. The molecule has 0 saturated carbocycles. The number of aromatic nitrogens is 2. The van der Waals surface area contributed by atoms with Gasteiger partial charge < -0.3 is 41.6 Å². The lowest BCUT2D eigenvalue weighted by molar-refractivity contribution is -0.145. The monoisotopic (exact) mass is 953 g/mol. The van der Waals surface area contributed by atoms with E-state index in [1.807, 2.05) is 116 Å². The van der Waals surface area contributed by atoms with E-state index in [9.17, 15) is 28.8 Å². The zero-order chi connectivity index (χ0) is 50.0. The Morgan fingerprint density at radius 3 is 1.89 bits per heavy atom. The lowest BCUT2D eigenvalue weighted by atomic mass is 9.77. The molecule has 15 nitrogen and oxygen atoms in total. The first-order valence-corrected chi connectivity index (χ1v) is 24.4. The lowest BCUT2D eigenvalue weighted by Gasteiger charge is -2.37. The molecule has 0 unspecified atom stereocenters. The number of nitrogens with one attached hydrogen (secondary N) is 5. The van der Waals surface area contributed by atoms with Crippen molar-refractivity contribution in [2.24, 2.45) is 17.6 Å². The molecule has 6 rings (SSSR count). The van der Waals surface area contributed by atoms with Gasteiger partial charge in [-0.3, -0.25) is 28.8 Å². The Balaban J connectivity index is 1.32. The number of rotatable bonds is 23. The van der Waals surface area contributed by atoms with Gasteiger partial charge in [-0.15, -0.1) is 0 Å². The number of imidazole rings is 1. The molecule has 0 radical (unpaired) electrons. The minimum atomic E-state index is -1.37. The Labute approximate surface area is 411 Å². The number of hydrogen-bond donors (Lipinski definition) is 6. The standard InChI is InChI=1S/C55H68N8O7/c1-5-38(4)49(54(69)60-45-28-18-19-31-57-51(45)66)62-52(67)46(29-30-48(64)70-35-39-20-10-6-11-21-39)59-53(68)47(61-50(65)44(56)32-37(2)3)33-43-34-63(36-58-43)55(40-22-12-7-13-23-40,41-24-14-8-15-25-41)42-26-16-9-17-27-42/h6-17,20-27,34,36-38,44-47,49H,5,18-19,28-33,35,56H2,1-4H3,(H,57,66)(H,59,68)(H,60,69)(H,61,65)(H,62,67)/t38-,44-,45-,46+,47-,49+/m0/s1. The van der Waals surface area contributed by atoms with E-state index in [0.717, 1.165) is 35.1 Å². The highest BCUT2D eigenvalue weighted by Crippen LogP contribution is 2.41. The van der Waals surface area contributed by atoms with Gasteiger partial charge in [-0.2, -0.15) is 0 Å². The number of carbonyl (C=O) groups is 6. The molecule has 0 bridgehead atoms. The normalized spacial score (nSPS) is 16.0. The van der Waals surface area contributed by atoms with Crippen LogP contribution in [-0.4, -0.2) is 81.8 Å². The van der Waals surface area contributed by atoms with Crippen molar-refractivity contribution in [1.29, 1.82) is 0 Å². The van der Waals surface area contributed by atoms with Crippen LogP contribution in [0.1, 0.15) is 101 Å². The second kappa shape index (κ2) is 25.5. The Morgan fingerprint density at radius 1 is 0.757 bits per heavy atom. The highest BCUT2D eigenvalue weighted by atomic mass is 16.5. The summed E-state index contributed by atoms with van der Waals surface area (Å²) in [7, 11) is 0. The van der Waals surface area contributed by atoms with E-state index in [-0.39, 0.29) is 43.6 Å². The average molecular weight is 953 g/mol. The zero-order valence-corrected chi connectivity index (χ0v) is 40.6. The molecule has 4 aromatic carbocycles. The number of amides is 5. The predicted octanol–water partition coefficient (Wildman–Crippen LogP) is 5.45. The van der Waals surface area contributed by atoms with Crippen LogP contribution in [-0.2, 0) is 52.1 Å². The smallest absolute Gasteiger partial charge is 0.306 e. The third-order valence-corrected chi connectivity index (χ3v) is 12.9. The van der Waals surface area contributed by atoms with Crippen LogP contribution in [0.5, 0.6) is 0 Å². The van der Waals surface area contributed by atoms with Crippen LogP contribution in [0.2, 0.25) is 0 Å². The zero-order valence-electron chi connectivity index (χ0n) is 40.6. The molecule has 1 aliphatic heterocycles. The van der Waals surface area contributed by atoms with Gasteiger partial charge in [0.25, 0.3) is 0 Å². The fraction of sp³-hybridized carbons (Fsp3) is 0.400. The van der Waals surface area contributed by atoms with Gasteiger partial charge in [0.05, 0.1) is 18.1 Å². The molecule has 0 spiro atoms. The van der Waals surface area contributed by atoms with Gasteiger partial charge in [-0.05, 0) is 66.2 Å². The van der Waals surface area contributed by atoms with Gasteiger partial charge in [-0.25, -0.2) is 4.98 Å². The van der Waals surface area contributed by atoms with E-state index in [1.54, 1.807) is 13.3 Å². The van der Waals surface area contributed by atoms with E-state index in [4.69, 9.17) is 15.5 Å². The van der Waals surface area contributed by atoms with Crippen molar-refractivity contribution in [2.45, 2.75) is 121 Å². The molecule has 70 heavy (non-hydrogen) atoms. The minimum absolute atomic E-state index is 0.00534. The Kier molecular flexibility index (Phi) is 19.0. The summed E-state index contributed by atoms with van der Waals surface area (Å²) in [5, 5.41) is 14.2. The third kappa shape index (κ3) is 13.8. The van der Waals surface area contributed by atoms with Gasteiger partial charge in [0.2, 0.25) is 29.5 Å². The summed E-state index contributed by atoms with van der Waals surface area (Å²) in [5.74, 6) is -3.80. The van der Waals surface area contributed by atoms with Gasteiger partial charge in [0.15, 0.2) is 0 Å². The SMILES string of the molecule is CC[C@H](C)[C@@H](NC(=O)[C@@H](CCC(=O)OCc1ccccc1)NC(=O)[C@H](Cc1cn(C(c2ccccc2)(c2ccccc2)c2ccccc2)cn1)NC(=O)[C@@H](N)CC(C)C)C(=O)N[C@H]1CCCCNC1=O. The van der Waals surface area contributed by atoms with Crippen LogP contribution in [0.15, 0.2) is 134 Å². The summed E-state index contributed by atoms with van der Waals surface area (Å²) in [5.41, 5.74) is 9.56. The largest absolute Gasteiger partial charge is 0.461 e. The second-order valence-corrected chi connectivity index (χ2v) is 18.5. The molecule has 370 valence electrons. The first-order valence-electron chi connectivity index (χ1n) is 24.4. The van der Waals surface area contributed by atoms with E-state index in [2.05, 4.69) is 63.0 Å². The summed E-state index contributed by atoms with van der Waals surface area (Å²) >= 11 is 0. The van der Waals surface area contributed by atoms with Crippen LogP contribution in [0.25, 0.3) is 0 Å². The number of esters is 1. The van der Waals surface area contributed by atoms with Gasteiger partial charge in [0.1, 0.15) is 36.3 Å². The predicted molar refractivity (Wildman–Crippen MR) is 267 cm³/mol. The van der Waals surface area contributed by atoms with Crippen LogP contribution in [0.4, 0.5) is 0 Å². The van der Waals surface area contributed by atoms with Crippen molar-refractivity contribution in [1.82, 2.24) is 36.1 Å². The molecule has 15 heteroatoms. The molecule has 5 aromatic rings. The number of benzene rings is 4. The van der Waals surface area contributed by atoms with Gasteiger partial charge in [0, 0.05) is 25.6 Å². The molecule has 0 aliphatic carbocycles. The number of hydrogen-bond acceptors (Lipinski definition) is 9. The summed E-state index contributed by atoms with van der Waals surface area (Å²) in [6, 6.07) is 33.7. The number of ether oxygens (including phenoxy) is 1. The van der Waals surface area contributed by atoms with Crippen LogP contribution in [0, 0.1) is 11.8 Å². The minimum Gasteiger partial charge on any atom is -0.461 e. The Hall–Kier alpha value is -7.13. The lowest BCUT2D eigenvalue weighted by Crippen LogP contribution is -2.60. The Morgan fingerprint density at radius 2 is 1.31 bits per heavy atom. The fourth-order valence-corrected chi connectivity index (χ4v) is 8.86. The molecule has 5 amide bonds. The molecule has 1 aliphatic rings.